The highest BCUT2D eigenvalue weighted by Gasteiger charge is 2.34. The van der Waals surface area contributed by atoms with Crippen molar-refractivity contribution in [3.63, 3.8) is 0 Å². The molecule has 1 saturated heterocycles. The molecular weight excluding hydrogens is 369 g/mol. The van der Waals surface area contributed by atoms with Crippen molar-refractivity contribution in [1.82, 2.24) is 14.7 Å². The number of hydrogen-bond donors (Lipinski definition) is 1. The van der Waals surface area contributed by atoms with Gasteiger partial charge in [0.05, 0.1) is 18.2 Å². The van der Waals surface area contributed by atoms with E-state index in [0.717, 1.165) is 42.0 Å². The van der Waals surface area contributed by atoms with Gasteiger partial charge in [-0.3, -0.25) is 9.59 Å². The third kappa shape index (κ3) is 3.45. The van der Waals surface area contributed by atoms with Crippen molar-refractivity contribution in [2.75, 3.05) is 18.1 Å². The molecule has 8 heteroatoms. The number of carbonyl (C=O) groups is 2. The fraction of sp³-hybridized carbons (Fsp3) is 0.421. The first kappa shape index (κ1) is 18.0. The van der Waals surface area contributed by atoms with Crippen LogP contribution in [0.15, 0.2) is 24.3 Å². The van der Waals surface area contributed by atoms with Crippen LogP contribution in [0.3, 0.4) is 0 Å². The largest absolute Gasteiger partial charge is 0.481 e. The van der Waals surface area contributed by atoms with Gasteiger partial charge in [0.25, 0.3) is 5.91 Å². The number of amides is 1. The third-order valence-electron chi connectivity index (χ3n) is 5.10. The smallest absolute Gasteiger partial charge is 0.305 e. The van der Waals surface area contributed by atoms with Gasteiger partial charge in [-0.05, 0) is 43.5 Å². The van der Waals surface area contributed by atoms with Gasteiger partial charge < -0.3 is 10.0 Å². The van der Waals surface area contributed by atoms with Crippen LogP contribution in [0.25, 0.3) is 5.69 Å². The first-order valence-electron chi connectivity index (χ1n) is 9.02. The van der Waals surface area contributed by atoms with Gasteiger partial charge in [-0.1, -0.05) is 0 Å². The lowest BCUT2D eigenvalue weighted by molar-refractivity contribution is -0.138. The Morgan fingerprint density at radius 2 is 2.04 bits per heavy atom. The van der Waals surface area contributed by atoms with Gasteiger partial charge >= 0.3 is 5.97 Å². The van der Waals surface area contributed by atoms with Crippen molar-refractivity contribution in [3.05, 3.63) is 47.0 Å². The van der Waals surface area contributed by atoms with Crippen LogP contribution in [0, 0.1) is 5.82 Å². The van der Waals surface area contributed by atoms with Crippen molar-refractivity contribution in [1.29, 1.82) is 0 Å². The Hall–Kier alpha value is -2.35. The van der Waals surface area contributed by atoms with Gasteiger partial charge in [0, 0.05) is 29.3 Å². The molecular formula is C19H20FN3O3S. The maximum atomic E-state index is 13.3. The molecule has 1 aromatic carbocycles. The quantitative estimate of drug-likeness (QED) is 0.870. The topological polar surface area (TPSA) is 75.4 Å². The fourth-order valence-electron chi connectivity index (χ4n) is 3.83. The molecule has 1 amide bonds. The summed E-state index contributed by atoms with van der Waals surface area (Å²) in [6, 6.07) is 5.75. The minimum Gasteiger partial charge on any atom is -0.481 e. The molecule has 142 valence electrons. The lowest BCUT2D eigenvalue weighted by atomic mass is 10.1. The number of nitrogens with zero attached hydrogens (tertiary/aromatic N) is 3. The van der Waals surface area contributed by atoms with E-state index in [9.17, 15) is 14.0 Å². The van der Waals surface area contributed by atoms with Gasteiger partial charge in [-0.25, -0.2) is 9.07 Å². The van der Waals surface area contributed by atoms with E-state index < -0.39 is 5.97 Å². The molecule has 0 saturated carbocycles. The van der Waals surface area contributed by atoms with Gasteiger partial charge in [0.1, 0.15) is 5.82 Å². The number of rotatable bonds is 4. The number of halogens is 1. The van der Waals surface area contributed by atoms with E-state index in [0.29, 0.717) is 18.0 Å². The molecule has 6 nitrogen and oxygen atoms in total. The van der Waals surface area contributed by atoms with E-state index in [1.807, 2.05) is 0 Å². The normalized spacial score (nSPS) is 19.1. The summed E-state index contributed by atoms with van der Waals surface area (Å²) >= 11 is 1.67. The first-order valence-corrected chi connectivity index (χ1v) is 10.2. The Bertz CT molecular complexity index is 881. The zero-order chi connectivity index (χ0) is 19.0. The van der Waals surface area contributed by atoms with E-state index >= 15 is 0 Å². The number of hydrogen-bond acceptors (Lipinski definition) is 4. The van der Waals surface area contributed by atoms with E-state index in [4.69, 9.17) is 5.11 Å². The predicted molar refractivity (Wildman–Crippen MR) is 99.9 cm³/mol. The maximum Gasteiger partial charge on any atom is 0.305 e. The molecule has 1 atom stereocenters. The molecule has 1 N–H and O–H groups in total. The molecule has 2 heterocycles. The van der Waals surface area contributed by atoms with Crippen molar-refractivity contribution >= 4 is 23.6 Å². The number of aliphatic carboxylic acids is 1. The van der Waals surface area contributed by atoms with Gasteiger partial charge in [-0.2, -0.15) is 16.9 Å². The van der Waals surface area contributed by atoms with E-state index in [1.54, 1.807) is 33.5 Å². The molecule has 1 unspecified atom stereocenters. The second-order valence-corrected chi connectivity index (χ2v) is 7.99. The molecule has 2 aliphatic rings. The molecule has 1 aromatic heterocycles. The molecule has 0 radical (unpaired) electrons. The monoisotopic (exact) mass is 389 g/mol. The Morgan fingerprint density at radius 3 is 2.78 bits per heavy atom. The summed E-state index contributed by atoms with van der Waals surface area (Å²) in [5, 5.41) is 13.7. The summed E-state index contributed by atoms with van der Waals surface area (Å²) in [5.74, 6) is 0.00542. The lowest BCUT2D eigenvalue weighted by Crippen LogP contribution is -2.47. The minimum absolute atomic E-state index is 0.0560. The average molecular weight is 389 g/mol. The fourth-order valence-corrected chi connectivity index (χ4v) is 4.90. The van der Waals surface area contributed by atoms with E-state index in [2.05, 4.69) is 5.10 Å². The second-order valence-electron chi connectivity index (χ2n) is 6.84. The summed E-state index contributed by atoms with van der Waals surface area (Å²) in [6.45, 7) is 0.527. The average Bonchev–Trinajstić information content (AvgIpc) is 3.24. The number of carbonyl (C=O) groups excluding carboxylic acids is 1. The summed E-state index contributed by atoms with van der Waals surface area (Å²) in [5.41, 5.74) is 3.07. The molecule has 1 aliphatic heterocycles. The molecule has 2 aromatic rings. The number of carboxylic acids is 1. The number of aromatic nitrogens is 2. The maximum absolute atomic E-state index is 13.3. The van der Waals surface area contributed by atoms with Crippen LogP contribution >= 0.6 is 11.8 Å². The first-order chi connectivity index (χ1) is 13.0. The number of carboxylic acid groups (broad SMARTS) is 1. The lowest BCUT2D eigenvalue weighted by Gasteiger charge is -2.34. The summed E-state index contributed by atoms with van der Waals surface area (Å²) < 4.78 is 15.0. The Labute approximate surface area is 160 Å². The summed E-state index contributed by atoms with van der Waals surface area (Å²) in [7, 11) is 0. The Morgan fingerprint density at radius 1 is 1.26 bits per heavy atom. The van der Waals surface area contributed by atoms with Crippen molar-refractivity contribution in [2.45, 2.75) is 31.7 Å². The number of fused-ring (bicyclic) bond motifs is 1. The Kier molecular flexibility index (Phi) is 4.90. The number of thioether (sulfide) groups is 1. The molecule has 4 rings (SSSR count). The second kappa shape index (κ2) is 7.34. The van der Waals surface area contributed by atoms with Crippen LogP contribution < -0.4 is 0 Å². The van der Waals surface area contributed by atoms with Crippen molar-refractivity contribution in [2.24, 2.45) is 0 Å². The van der Waals surface area contributed by atoms with E-state index in [1.165, 1.54) is 12.1 Å². The number of benzene rings is 1. The van der Waals surface area contributed by atoms with Crippen LogP contribution in [0.1, 0.15) is 34.6 Å². The summed E-state index contributed by atoms with van der Waals surface area (Å²) in [6.07, 6.45) is 2.49. The molecule has 0 spiro atoms. The van der Waals surface area contributed by atoms with Crippen LogP contribution in [-0.2, 0) is 17.6 Å². The van der Waals surface area contributed by atoms with Crippen LogP contribution in [0.5, 0.6) is 0 Å². The predicted octanol–water partition coefficient (Wildman–Crippen LogP) is 2.53. The zero-order valence-corrected chi connectivity index (χ0v) is 15.5. The van der Waals surface area contributed by atoms with Crippen LogP contribution in [-0.4, -0.2) is 55.8 Å². The Balaban J connectivity index is 1.69. The zero-order valence-electron chi connectivity index (χ0n) is 14.7. The SMILES string of the molecule is O=C(O)CC1CSCCN1C(=O)c1nn(-c2ccc(F)cc2)c2c1CCC2. The van der Waals surface area contributed by atoms with Crippen molar-refractivity contribution in [3.8, 4) is 5.69 Å². The molecule has 27 heavy (non-hydrogen) atoms. The van der Waals surface area contributed by atoms with Gasteiger partial charge in [0.15, 0.2) is 5.69 Å². The highest BCUT2D eigenvalue weighted by Crippen LogP contribution is 2.30. The highest BCUT2D eigenvalue weighted by molar-refractivity contribution is 7.99. The molecule has 0 bridgehead atoms. The summed E-state index contributed by atoms with van der Waals surface area (Å²) in [4.78, 5) is 26.1. The van der Waals surface area contributed by atoms with Crippen LogP contribution in [0.4, 0.5) is 4.39 Å². The molecule has 1 fully saturated rings. The standard InChI is InChI=1S/C19H20FN3O3S/c20-12-4-6-13(7-5-12)23-16-3-1-2-15(16)18(21-23)19(26)22-8-9-27-11-14(22)10-17(24)25/h4-7,14H,1-3,8-11H2,(H,24,25). The van der Waals surface area contributed by atoms with E-state index in [-0.39, 0.29) is 24.2 Å². The highest BCUT2D eigenvalue weighted by atomic mass is 32.2. The minimum atomic E-state index is -0.901. The van der Waals surface area contributed by atoms with Gasteiger partial charge in [-0.15, -0.1) is 0 Å². The third-order valence-corrected chi connectivity index (χ3v) is 6.19. The van der Waals surface area contributed by atoms with Crippen LogP contribution in [0.2, 0.25) is 0 Å². The van der Waals surface area contributed by atoms with Crippen molar-refractivity contribution < 1.29 is 19.1 Å². The molecule has 1 aliphatic carbocycles. The van der Waals surface area contributed by atoms with Gasteiger partial charge in [0.2, 0.25) is 0 Å².